The van der Waals surface area contributed by atoms with Crippen LogP contribution in [0.1, 0.15) is 42.5 Å². The lowest BCUT2D eigenvalue weighted by atomic mass is 10.0. The van der Waals surface area contributed by atoms with Crippen LogP contribution >= 0.6 is 0 Å². The van der Waals surface area contributed by atoms with Gasteiger partial charge in [-0.1, -0.05) is 37.8 Å². The molecule has 1 aliphatic carbocycles. The molecular formula is C19H23N3O3S. The van der Waals surface area contributed by atoms with Crippen LogP contribution in [0, 0.1) is 5.92 Å². The first-order chi connectivity index (χ1) is 12.6. The van der Waals surface area contributed by atoms with Gasteiger partial charge in [0, 0.05) is 12.7 Å². The van der Waals surface area contributed by atoms with E-state index in [1.807, 2.05) is 0 Å². The zero-order chi connectivity index (χ0) is 18.4. The van der Waals surface area contributed by atoms with Crippen molar-refractivity contribution < 1.29 is 13.2 Å². The lowest BCUT2D eigenvalue weighted by Gasteiger charge is -2.13. The second-order valence-electron chi connectivity index (χ2n) is 6.54. The highest BCUT2D eigenvalue weighted by atomic mass is 32.2. The van der Waals surface area contributed by atoms with Gasteiger partial charge in [-0.25, -0.2) is 8.42 Å². The zero-order valence-electron chi connectivity index (χ0n) is 14.5. The van der Waals surface area contributed by atoms with Gasteiger partial charge in [0.25, 0.3) is 15.9 Å². The molecule has 138 valence electrons. The first-order valence-corrected chi connectivity index (χ1v) is 10.3. The highest BCUT2D eigenvalue weighted by molar-refractivity contribution is 7.92. The van der Waals surface area contributed by atoms with Crippen LogP contribution in [0.15, 0.2) is 53.7 Å². The van der Waals surface area contributed by atoms with E-state index in [2.05, 4.69) is 15.0 Å². The molecule has 1 saturated carbocycles. The van der Waals surface area contributed by atoms with Gasteiger partial charge >= 0.3 is 0 Å². The number of anilines is 1. The Balaban J connectivity index is 1.71. The smallest absolute Gasteiger partial charge is 0.262 e. The lowest BCUT2D eigenvalue weighted by molar-refractivity contribution is 0.0948. The largest absolute Gasteiger partial charge is 0.352 e. The molecule has 0 atom stereocenters. The fourth-order valence-corrected chi connectivity index (χ4v) is 4.55. The van der Waals surface area contributed by atoms with Crippen LogP contribution in [-0.2, 0) is 10.0 Å². The second kappa shape index (κ2) is 8.31. The maximum Gasteiger partial charge on any atom is 0.262 e. The summed E-state index contributed by atoms with van der Waals surface area (Å²) in [6.45, 7) is 0.563. The molecule has 0 spiro atoms. The van der Waals surface area contributed by atoms with Crippen molar-refractivity contribution in [2.24, 2.45) is 5.92 Å². The summed E-state index contributed by atoms with van der Waals surface area (Å²) in [6.07, 6.45) is 8.88. The fourth-order valence-electron chi connectivity index (χ4n) is 3.31. The molecule has 0 radical (unpaired) electrons. The van der Waals surface area contributed by atoms with Crippen molar-refractivity contribution in [1.82, 2.24) is 10.3 Å². The molecule has 1 aromatic heterocycles. The van der Waals surface area contributed by atoms with Crippen LogP contribution in [0.5, 0.6) is 0 Å². The predicted molar refractivity (Wildman–Crippen MR) is 100 cm³/mol. The van der Waals surface area contributed by atoms with E-state index in [-0.39, 0.29) is 16.4 Å². The molecule has 2 N–H and O–H groups in total. The summed E-state index contributed by atoms with van der Waals surface area (Å²) in [7, 11) is -3.88. The summed E-state index contributed by atoms with van der Waals surface area (Å²) in [5, 5.41) is 2.86. The van der Waals surface area contributed by atoms with Crippen molar-refractivity contribution in [2.45, 2.75) is 37.0 Å². The Hall–Kier alpha value is -2.41. The van der Waals surface area contributed by atoms with Crippen LogP contribution in [0.3, 0.4) is 0 Å². The zero-order valence-corrected chi connectivity index (χ0v) is 15.3. The summed E-state index contributed by atoms with van der Waals surface area (Å²) < 4.78 is 27.8. The Labute approximate surface area is 154 Å². The van der Waals surface area contributed by atoms with Gasteiger partial charge in [0.05, 0.1) is 17.4 Å². The van der Waals surface area contributed by atoms with Crippen molar-refractivity contribution in [3.63, 3.8) is 0 Å². The molecule has 1 heterocycles. The monoisotopic (exact) mass is 373 g/mol. The normalized spacial score (nSPS) is 14.9. The van der Waals surface area contributed by atoms with Crippen LogP contribution in [0.25, 0.3) is 0 Å². The van der Waals surface area contributed by atoms with Crippen molar-refractivity contribution in [3.05, 3.63) is 54.4 Å². The van der Waals surface area contributed by atoms with E-state index in [0.29, 0.717) is 18.2 Å². The summed E-state index contributed by atoms with van der Waals surface area (Å²) >= 11 is 0. The van der Waals surface area contributed by atoms with Gasteiger partial charge < -0.3 is 5.32 Å². The van der Waals surface area contributed by atoms with Gasteiger partial charge in [-0.05, 0) is 36.6 Å². The number of carbonyl (C=O) groups excluding carboxylic acids is 1. The van der Waals surface area contributed by atoms with E-state index in [4.69, 9.17) is 0 Å². The van der Waals surface area contributed by atoms with E-state index in [0.717, 1.165) is 6.42 Å². The molecule has 6 nitrogen and oxygen atoms in total. The Kier molecular flexibility index (Phi) is 5.88. The van der Waals surface area contributed by atoms with Gasteiger partial charge in [-0.15, -0.1) is 0 Å². The maximum absolute atomic E-state index is 12.7. The van der Waals surface area contributed by atoms with E-state index in [1.54, 1.807) is 30.5 Å². The molecule has 0 aliphatic heterocycles. The molecule has 0 bridgehead atoms. The highest BCUT2D eigenvalue weighted by Crippen LogP contribution is 2.27. The number of hydrogen-bond acceptors (Lipinski definition) is 4. The minimum Gasteiger partial charge on any atom is -0.352 e. The molecule has 0 unspecified atom stereocenters. The molecule has 26 heavy (non-hydrogen) atoms. The van der Waals surface area contributed by atoms with Gasteiger partial charge in [0.1, 0.15) is 4.90 Å². The summed E-state index contributed by atoms with van der Waals surface area (Å²) in [6, 6.07) is 9.48. The number of amides is 1. The molecule has 2 aromatic rings. The number of benzene rings is 1. The average molecular weight is 373 g/mol. The highest BCUT2D eigenvalue weighted by Gasteiger charge is 2.22. The molecule has 0 saturated heterocycles. The van der Waals surface area contributed by atoms with Crippen LogP contribution < -0.4 is 10.0 Å². The second-order valence-corrected chi connectivity index (χ2v) is 8.19. The number of aromatic nitrogens is 1. The van der Waals surface area contributed by atoms with Crippen molar-refractivity contribution in [1.29, 1.82) is 0 Å². The van der Waals surface area contributed by atoms with Crippen LogP contribution in [0.4, 0.5) is 5.69 Å². The summed E-state index contributed by atoms with van der Waals surface area (Å²) in [4.78, 5) is 16.4. The van der Waals surface area contributed by atoms with Gasteiger partial charge in [0.2, 0.25) is 0 Å². The maximum atomic E-state index is 12.7. The molecular weight excluding hydrogens is 350 g/mol. The number of rotatable bonds is 7. The Bertz CT molecular complexity index is 847. The minimum absolute atomic E-state index is 0.0396. The van der Waals surface area contributed by atoms with E-state index in [1.165, 1.54) is 44.0 Å². The topological polar surface area (TPSA) is 88.2 Å². The Morgan fingerprint density at radius 1 is 1.12 bits per heavy atom. The van der Waals surface area contributed by atoms with Gasteiger partial charge in [-0.2, -0.15) is 0 Å². The third-order valence-electron chi connectivity index (χ3n) is 4.65. The molecule has 3 rings (SSSR count). The minimum atomic E-state index is -3.88. The number of hydrogen-bond donors (Lipinski definition) is 2. The standard InChI is InChI=1S/C19H23N3O3S/c23-19(21-13-11-15-6-1-2-7-15)17-9-3-4-10-18(17)26(24,25)22-16-8-5-12-20-14-16/h3-5,8-10,12,14-15,22H,1-2,6-7,11,13H2,(H,21,23). The third kappa shape index (κ3) is 4.60. The third-order valence-corrected chi connectivity index (χ3v) is 6.09. The fraction of sp³-hybridized carbons (Fsp3) is 0.368. The van der Waals surface area contributed by atoms with E-state index < -0.39 is 10.0 Å². The van der Waals surface area contributed by atoms with Crippen molar-refractivity contribution >= 4 is 21.6 Å². The van der Waals surface area contributed by atoms with Gasteiger partial charge in [-0.3, -0.25) is 14.5 Å². The predicted octanol–water partition coefficient (Wildman–Crippen LogP) is 3.19. The van der Waals surface area contributed by atoms with E-state index >= 15 is 0 Å². The molecule has 1 fully saturated rings. The average Bonchev–Trinajstić information content (AvgIpc) is 3.15. The summed E-state index contributed by atoms with van der Waals surface area (Å²) in [5.74, 6) is 0.302. The van der Waals surface area contributed by atoms with E-state index in [9.17, 15) is 13.2 Å². The Morgan fingerprint density at radius 3 is 2.62 bits per heavy atom. The lowest BCUT2D eigenvalue weighted by Crippen LogP contribution is -2.28. The number of nitrogens with zero attached hydrogens (tertiary/aromatic N) is 1. The number of pyridine rings is 1. The van der Waals surface area contributed by atoms with Crippen LogP contribution in [-0.4, -0.2) is 25.9 Å². The van der Waals surface area contributed by atoms with Gasteiger partial charge in [0.15, 0.2) is 0 Å². The first-order valence-electron chi connectivity index (χ1n) is 8.86. The molecule has 7 heteroatoms. The van der Waals surface area contributed by atoms with Crippen molar-refractivity contribution in [2.75, 3.05) is 11.3 Å². The SMILES string of the molecule is O=C(NCCC1CCCC1)c1ccccc1S(=O)(=O)Nc1cccnc1. The quantitative estimate of drug-likeness (QED) is 0.780. The summed E-state index contributed by atoms with van der Waals surface area (Å²) in [5.41, 5.74) is 0.499. The van der Waals surface area contributed by atoms with Crippen molar-refractivity contribution in [3.8, 4) is 0 Å². The molecule has 1 amide bonds. The molecule has 1 aromatic carbocycles. The Morgan fingerprint density at radius 2 is 1.88 bits per heavy atom. The number of carbonyl (C=O) groups is 1. The first kappa shape index (κ1) is 18.4. The molecule has 1 aliphatic rings. The number of nitrogens with one attached hydrogen (secondary N) is 2. The number of sulfonamides is 1. The van der Waals surface area contributed by atoms with Crippen LogP contribution in [0.2, 0.25) is 0 Å².